The maximum atomic E-state index is 13.0. The van der Waals surface area contributed by atoms with Gasteiger partial charge in [-0.2, -0.15) is 8.42 Å². The number of amides is 2. The van der Waals surface area contributed by atoms with Crippen LogP contribution in [0.3, 0.4) is 0 Å². The molecule has 0 aromatic carbocycles. The number of anilines is 1. The van der Waals surface area contributed by atoms with Crippen molar-refractivity contribution in [3.05, 3.63) is 23.0 Å². The highest BCUT2D eigenvalue weighted by molar-refractivity contribution is 7.84. The predicted octanol–water partition coefficient (Wildman–Crippen LogP) is -2.41. The second-order valence-corrected chi connectivity index (χ2v) is 9.82. The zero-order valence-electron chi connectivity index (χ0n) is 18.1. The van der Waals surface area contributed by atoms with Gasteiger partial charge in [-0.25, -0.2) is 18.8 Å². The Morgan fingerprint density at radius 1 is 1.40 bits per heavy atom. The maximum Gasteiger partial charge on any atom is 0.362 e. The molecule has 1 aliphatic rings. The van der Waals surface area contributed by atoms with Gasteiger partial charge in [-0.15, -0.1) is 16.4 Å². The van der Waals surface area contributed by atoms with Crippen LogP contribution in [-0.2, 0) is 42.7 Å². The number of carboxylic acids is 1. The number of hydrogen-bond donors (Lipinski definition) is 5. The molecule has 190 valence electrons. The minimum Gasteiger partial charge on any atom is -0.478 e. The number of aliphatic hydroxyl groups is 1. The number of nitrogens with one attached hydrogen (secondary N) is 1. The number of oxime groups is 1. The van der Waals surface area contributed by atoms with Crippen LogP contribution in [0.5, 0.6) is 0 Å². The van der Waals surface area contributed by atoms with E-state index in [1.165, 1.54) is 25.4 Å². The molecule has 2 aromatic heterocycles. The summed E-state index contributed by atoms with van der Waals surface area (Å²) in [5.41, 5.74) is 3.29. The summed E-state index contributed by atoms with van der Waals surface area (Å²) in [6.07, 6.45) is 1.27. The molecule has 1 saturated heterocycles. The molecular weight excluding hydrogens is 512 g/mol. The van der Waals surface area contributed by atoms with Crippen molar-refractivity contribution in [2.45, 2.75) is 44.7 Å². The predicted molar refractivity (Wildman–Crippen MR) is 116 cm³/mol. The number of nitrogen functional groups attached to an aromatic ring is 1. The normalized spacial score (nSPS) is 18.8. The molecule has 1 aliphatic heterocycles. The third kappa shape index (κ3) is 5.53. The first-order chi connectivity index (χ1) is 16.2. The summed E-state index contributed by atoms with van der Waals surface area (Å²) in [6, 6.07) is -2.80. The van der Waals surface area contributed by atoms with E-state index in [2.05, 4.69) is 25.8 Å². The number of carbonyl (C=O) groups is 3. The first-order valence-electron chi connectivity index (χ1n) is 9.57. The summed E-state index contributed by atoms with van der Waals surface area (Å²) < 4.78 is 34.1. The Balaban J connectivity index is 1.89. The monoisotopic (exact) mass is 532 g/mol. The Bertz CT molecular complexity index is 1290. The van der Waals surface area contributed by atoms with E-state index in [1.807, 2.05) is 0 Å². The number of nitrogens with two attached hydrogens (primary N) is 1. The fourth-order valence-electron chi connectivity index (χ4n) is 2.84. The molecule has 3 heterocycles. The first-order valence-corrected chi connectivity index (χ1v) is 11.8. The quantitative estimate of drug-likeness (QED) is 0.0926. The van der Waals surface area contributed by atoms with Crippen LogP contribution in [0.25, 0.3) is 0 Å². The van der Waals surface area contributed by atoms with Gasteiger partial charge in [0.15, 0.2) is 10.8 Å². The van der Waals surface area contributed by atoms with Gasteiger partial charge in [0.2, 0.25) is 5.60 Å². The number of hydrogen-bond acceptors (Lipinski definition) is 13. The van der Waals surface area contributed by atoms with Crippen LogP contribution in [0.15, 0.2) is 16.7 Å². The Morgan fingerprint density at radius 3 is 2.60 bits per heavy atom. The molecule has 17 nitrogen and oxygen atoms in total. The van der Waals surface area contributed by atoms with Crippen LogP contribution in [0.2, 0.25) is 0 Å². The summed E-state index contributed by atoms with van der Waals surface area (Å²) in [7, 11) is -4.99. The van der Waals surface area contributed by atoms with Gasteiger partial charge in [0.1, 0.15) is 17.4 Å². The van der Waals surface area contributed by atoms with E-state index in [4.69, 9.17) is 15.7 Å². The number of carbonyl (C=O) groups excluding carboxylic acids is 2. The summed E-state index contributed by atoms with van der Waals surface area (Å²) in [5.74, 6) is -3.60. The minimum atomic E-state index is -4.99. The molecule has 0 aliphatic carbocycles. The van der Waals surface area contributed by atoms with Crippen LogP contribution < -0.4 is 11.1 Å². The largest absolute Gasteiger partial charge is 0.478 e. The second-order valence-electron chi connectivity index (χ2n) is 7.64. The van der Waals surface area contributed by atoms with Crippen molar-refractivity contribution < 1.29 is 42.4 Å². The third-order valence-electron chi connectivity index (χ3n) is 4.69. The van der Waals surface area contributed by atoms with Crippen molar-refractivity contribution in [3.8, 4) is 0 Å². The van der Waals surface area contributed by atoms with Crippen LogP contribution in [0, 0.1) is 0 Å². The molecular formula is C16H20N8O9S2. The van der Waals surface area contributed by atoms with Gasteiger partial charge >= 0.3 is 16.3 Å². The topological polar surface area (TPSA) is 253 Å². The van der Waals surface area contributed by atoms with Crippen LogP contribution >= 0.6 is 11.3 Å². The van der Waals surface area contributed by atoms with Gasteiger partial charge in [-0.3, -0.25) is 14.1 Å². The van der Waals surface area contributed by atoms with Gasteiger partial charge in [0.05, 0.1) is 25.4 Å². The molecule has 0 saturated carbocycles. The van der Waals surface area contributed by atoms with Crippen molar-refractivity contribution in [1.82, 2.24) is 29.6 Å². The number of carboxylic acid groups (broad SMARTS) is 1. The van der Waals surface area contributed by atoms with Crippen LogP contribution in [0.4, 0.5) is 5.13 Å². The average molecular weight is 533 g/mol. The highest BCUT2D eigenvalue weighted by Gasteiger charge is 2.54. The van der Waals surface area contributed by atoms with Crippen molar-refractivity contribution >= 4 is 50.3 Å². The SMILES string of the molecule is CC(C)(ON=C(C(=O)N[C@@H]1C(=O)N(S(=O)(=O)O)[C@@H]1Cn1cc(CO)nn1)c1csc(N)n1)C(=O)O. The Morgan fingerprint density at radius 2 is 2.09 bits per heavy atom. The molecule has 1 fully saturated rings. The lowest BCUT2D eigenvalue weighted by Gasteiger charge is -2.43. The number of rotatable bonds is 10. The Kier molecular flexibility index (Phi) is 7.06. The lowest BCUT2D eigenvalue weighted by molar-refractivity contribution is -0.161. The van der Waals surface area contributed by atoms with E-state index in [9.17, 15) is 32.5 Å². The van der Waals surface area contributed by atoms with E-state index in [-0.39, 0.29) is 27.4 Å². The van der Waals surface area contributed by atoms with Crippen molar-refractivity contribution in [1.29, 1.82) is 0 Å². The summed E-state index contributed by atoms with van der Waals surface area (Å²) >= 11 is 0.947. The minimum absolute atomic E-state index is 0.0546. The van der Waals surface area contributed by atoms with Gasteiger partial charge in [0, 0.05) is 5.38 Å². The number of nitrogens with zero attached hydrogens (tertiary/aromatic N) is 6. The fraction of sp³-hybridized carbons (Fsp3) is 0.438. The lowest BCUT2D eigenvalue weighted by Crippen LogP contribution is -2.73. The number of aliphatic hydroxyl groups excluding tert-OH is 1. The van der Waals surface area contributed by atoms with Crippen LogP contribution in [-0.4, -0.2) is 88.6 Å². The third-order valence-corrected chi connectivity index (χ3v) is 6.31. The fourth-order valence-corrected chi connectivity index (χ4v) is 4.26. The molecule has 0 radical (unpaired) electrons. The van der Waals surface area contributed by atoms with E-state index in [0.717, 1.165) is 16.0 Å². The average Bonchev–Trinajstić information content (AvgIpc) is 3.39. The van der Waals surface area contributed by atoms with Gasteiger partial charge < -0.3 is 26.1 Å². The number of aromatic nitrogens is 4. The first kappa shape index (κ1) is 25.9. The van der Waals surface area contributed by atoms with E-state index < -0.39 is 58.1 Å². The molecule has 3 rings (SSSR count). The number of β-lactam (4-membered cyclic amide) rings is 1. The standard InChI is InChI=1S/C16H20N8O9S2/c1-16(2,14(28)29)33-21-10(8-6-34-15(17)18-8)12(26)19-11-9(24(13(11)27)35(30,31)32)4-23-3-7(5-25)20-22-23/h3,6,9,11,25H,4-5H2,1-2H3,(H2,17,18)(H,19,26)(H,28,29)(H,30,31,32)/t9-,11+/m1/s1. The van der Waals surface area contributed by atoms with Crippen molar-refractivity contribution in [3.63, 3.8) is 0 Å². The molecule has 2 aromatic rings. The van der Waals surface area contributed by atoms with E-state index in [0.29, 0.717) is 0 Å². The Labute approximate surface area is 201 Å². The molecule has 2 amide bonds. The van der Waals surface area contributed by atoms with Gasteiger partial charge in [0.25, 0.3) is 11.8 Å². The highest BCUT2D eigenvalue weighted by atomic mass is 32.2. The lowest BCUT2D eigenvalue weighted by atomic mass is 9.98. The summed E-state index contributed by atoms with van der Waals surface area (Å²) in [5, 5.41) is 32.9. The zero-order valence-corrected chi connectivity index (χ0v) is 19.7. The number of thiazole rings is 1. The molecule has 35 heavy (non-hydrogen) atoms. The smallest absolute Gasteiger partial charge is 0.362 e. The molecule has 2 atom stereocenters. The zero-order chi connectivity index (χ0) is 26.1. The van der Waals surface area contributed by atoms with Crippen molar-refractivity contribution in [2.75, 3.05) is 5.73 Å². The molecule has 6 N–H and O–H groups in total. The van der Waals surface area contributed by atoms with Crippen LogP contribution in [0.1, 0.15) is 25.2 Å². The van der Waals surface area contributed by atoms with E-state index in [1.54, 1.807) is 0 Å². The van der Waals surface area contributed by atoms with Gasteiger partial charge in [-0.1, -0.05) is 10.4 Å². The van der Waals surface area contributed by atoms with Crippen molar-refractivity contribution in [2.24, 2.45) is 5.16 Å². The molecule has 0 spiro atoms. The molecule has 0 bridgehead atoms. The highest BCUT2D eigenvalue weighted by Crippen LogP contribution is 2.25. The maximum absolute atomic E-state index is 13.0. The van der Waals surface area contributed by atoms with E-state index >= 15 is 0 Å². The van der Waals surface area contributed by atoms with Gasteiger partial charge in [-0.05, 0) is 13.8 Å². The molecule has 0 unspecified atom stereocenters. The summed E-state index contributed by atoms with van der Waals surface area (Å²) in [6.45, 7) is 1.58. The summed E-state index contributed by atoms with van der Waals surface area (Å²) in [4.78, 5) is 45.7. The number of aliphatic carboxylic acids is 1. The Hall–Kier alpha value is -3.68. The second kappa shape index (κ2) is 9.52. The molecule has 19 heteroatoms.